The zero-order valence-electron chi connectivity index (χ0n) is 10.1. The quantitative estimate of drug-likeness (QED) is 0.805. The molecule has 1 aromatic rings. The first-order valence-corrected chi connectivity index (χ1v) is 6.13. The van der Waals surface area contributed by atoms with Gasteiger partial charge in [-0.1, -0.05) is 6.07 Å². The van der Waals surface area contributed by atoms with Crippen LogP contribution in [0.3, 0.4) is 0 Å². The first kappa shape index (κ1) is 11.6. The van der Waals surface area contributed by atoms with E-state index >= 15 is 0 Å². The Morgan fingerprint density at radius 1 is 1.44 bits per heavy atom. The van der Waals surface area contributed by atoms with Crippen LogP contribution in [-0.2, 0) is 6.42 Å². The van der Waals surface area contributed by atoms with Crippen LogP contribution in [0.25, 0.3) is 0 Å². The molecule has 0 spiro atoms. The molecule has 0 amide bonds. The Kier molecular flexibility index (Phi) is 3.59. The van der Waals surface area contributed by atoms with Crippen molar-refractivity contribution >= 4 is 0 Å². The molecular weight excluding hydrogens is 201 g/mol. The van der Waals surface area contributed by atoms with Gasteiger partial charge in [-0.05, 0) is 68.8 Å². The third kappa shape index (κ3) is 2.82. The fourth-order valence-corrected chi connectivity index (χ4v) is 2.33. The zero-order chi connectivity index (χ0) is 11.5. The minimum atomic E-state index is -0.118. The number of benzene rings is 1. The van der Waals surface area contributed by atoms with Crippen LogP contribution >= 0.6 is 0 Å². The monoisotopic (exact) mass is 221 g/mol. The van der Waals surface area contributed by atoms with Crippen LogP contribution in [0.5, 0.6) is 0 Å². The lowest BCUT2D eigenvalue weighted by Crippen LogP contribution is -2.27. The average Bonchev–Trinajstić information content (AvgIpc) is 3.08. The third-order valence-corrected chi connectivity index (χ3v) is 3.60. The maximum atomic E-state index is 13.1. The third-order valence-electron chi connectivity index (χ3n) is 3.60. The predicted octanol–water partition coefficient (Wildman–Crippen LogP) is 3.06. The highest BCUT2D eigenvalue weighted by Crippen LogP contribution is 2.34. The molecule has 0 radical (unpaired) electrons. The van der Waals surface area contributed by atoms with E-state index in [-0.39, 0.29) is 5.82 Å². The number of aryl methyl sites for hydroxylation is 2. The molecule has 1 aliphatic rings. The van der Waals surface area contributed by atoms with Crippen molar-refractivity contribution in [2.24, 2.45) is 5.92 Å². The van der Waals surface area contributed by atoms with Crippen LogP contribution in [0.2, 0.25) is 0 Å². The van der Waals surface area contributed by atoms with E-state index in [2.05, 4.69) is 12.2 Å². The molecule has 0 saturated heterocycles. The van der Waals surface area contributed by atoms with E-state index in [9.17, 15) is 4.39 Å². The smallest absolute Gasteiger partial charge is 0.123 e. The summed E-state index contributed by atoms with van der Waals surface area (Å²) in [5, 5.41) is 3.37. The summed E-state index contributed by atoms with van der Waals surface area (Å²) >= 11 is 0. The Hall–Kier alpha value is -0.890. The standard InChI is InChI=1S/C14H20FN/c1-10-3-7-13(15)9-12(10)6-8-14(16-2)11-4-5-11/h3,7,9,11,14,16H,4-6,8H2,1-2H3. The van der Waals surface area contributed by atoms with Gasteiger partial charge in [0.25, 0.3) is 0 Å². The number of hydrogen-bond acceptors (Lipinski definition) is 1. The van der Waals surface area contributed by atoms with Gasteiger partial charge in [-0.25, -0.2) is 4.39 Å². The molecule has 1 atom stereocenters. The molecule has 1 nitrogen and oxygen atoms in total. The number of hydrogen-bond donors (Lipinski definition) is 1. The van der Waals surface area contributed by atoms with Crippen LogP contribution in [0.15, 0.2) is 18.2 Å². The highest BCUT2D eigenvalue weighted by Gasteiger charge is 2.29. The fourth-order valence-electron chi connectivity index (χ4n) is 2.33. The van der Waals surface area contributed by atoms with E-state index in [1.165, 1.54) is 24.5 Å². The van der Waals surface area contributed by atoms with E-state index in [1.54, 1.807) is 6.07 Å². The Bertz CT molecular complexity index is 358. The van der Waals surface area contributed by atoms with Gasteiger partial charge in [-0.3, -0.25) is 0 Å². The maximum Gasteiger partial charge on any atom is 0.123 e. The van der Waals surface area contributed by atoms with Gasteiger partial charge in [0.2, 0.25) is 0 Å². The van der Waals surface area contributed by atoms with E-state index in [4.69, 9.17) is 0 Å². The summed E-state index contributed by atoms with van der Waals surface area (Å²) in [5.41, 5.74) is 2.35. The van der Waals surface area contributed by atoms with Crippen molar-refractivity contribution < 1.29 is 4.39 Å². The van der Waals surface area contributed by atoms with Crippen molar-refractivity contribution in [3.05, 3.63) is 35.1 Å². The van der Waals surface area contributed by atoms with Gasteiger partial charge in [-0.15, -0.1) is 0 Å². The van der Waals surface area contributed by atoms with Crippen LogP contribution in [0.4, 0.5) is 4.39 Å². The fraction of sp³-hybridized carbons (Fsp3) is 0.571. The molecule has 1 fully saturated rings. The zero-order valence-corrected chi connectivity index (χ0v) is 10.1. The van der Waals surface area contributed by atoms with Gasteiger partial charge in [-0.2, -0.15) is 0 Å². The molecule has 1 unspecified atom stereocenters. The lowest BCUT2D eigenvalue weighted by Gasteiger charge is -2.15. The lowest BCUT2D eigenvalue weighted by molar-refractivity contribution is 0.469. The lowest BCUT2D eigenvalue weighted by atomic mass is 9.99. The highest BCUT2D eigenvalue weighted by atomic mass is 19.1. The van der Waals surface area contributed by atoms with Crippen LogP contribution in [-0.4, -0.2) is 13.1 Å². The molecule has 88 valence electrons. The number of nitrogens with one attached hydrogen (secondary N) is 1. The topological polar surface area (TPSA) is 12.0 Å². The van der Waals surface area contributed by atoms with E-state index < -0.39 is 0 Å². The van der Waals surface area contributed by atoms with Gasteiger partial charge < -0.3 is 5.32 Å². The van der Waals surface area contributed by atoms with Crippen LogP contribution in [0.1, 0.15) is 30.4 Å². The highest BCUT2D eigenvalue weighted by molar-refractivity contribution is 5.26. The predicted molar refractivity (Wildman–Crippen MR) is 65.0 cm³/mol. The van der Waals surface area contributed by atoms with E-state index in [0.717, 1.165) is 24.3 Å². The molecule has 2 rings (SSSR count). The summed E-state index contributed by atoms with van der Waals surface area (Å²) in [6.07, 6.45) is 4.80. The van der Waals surface area contributed by atoms with Crippen molar-refractivity contribution in [1.82, 2.24) is 5.32 Å². The maximum absolute atomic E-state index is 13.1. The molecule has 1 saturated carbocycles. The first-order chi connectivity index (χ1) is 7.70. The summed E-state index contributed by atoms with van der Waals surface area (Å²) in [4.78, 5) is 0. The van der Waals surface area contributed by atoms with Crippen molar-refractivity contribution in [2.75, 3.05) is 7.05 Å². The Morgan fingerprint density at radius 2 is 2.19 bits per heavy atom. The molecule has 0 aliphatic heterocycles. The second-order valence-corrected chi connectivity index (χ2v) is 4.84. The Balaban J connectivity index is 1.95. The van der Waals surface area contributed by atoms with Gasteiger partial charge in [0, 0.05) is 6.04 Å². The number of halogens is 1. The Labute approximate surface area is 97.1 Å². The molecule has 0 heterocycles. The van der Waals surface area contributed by atoms with Crippen LogP contribution < -0.4 is 5.32 Å². The second kappa shape index (κ2) is 4.96. The van der Waals surface area contributed by atoms with Gasteiger partial charge >= 0.3 is 0 Å². The van der Waals surface area contributed by atoms with Crippen molar-refractivity contribution in [1.29, 1.82) is 0 Å². The summed E-state index contributed by atoms with van der Waals surface area (Å²) in [5.74, 6) is 0.742. The Morgan fingerprint density at radius 3 is 2.81 bits per heavy atom. The molecule has 0 bridgehead atoms. The summed E-state index contributed by atoms with van der Waals surface area (Å²) in [6.45, 7) is 2.06. The molecule has 1 aromatic carbocycles. The van der Waals surface area contributed by atoms with Crippen molar-refractivity contribution in [3.63, 3.8) is 0 Å². The molecule has 2 heteroatoms. The number of rotatable bonds is 5. The summed E-state index contributed by atoms with van der Waals surface area (Å²) in [7, 11) is 2.03. The SMILES string of the molecule is CNC(CCc1cc(F)ccc1C)C1CC1. The largest absolute Gasteiger partial charge is 0.317 e. The van der Waals surface area contributed by atoms with Gasteiger partial charge in [0.15, 0.2) is 0 Å². The average molecular weight is 221 g/mol. The van der Waals surface area contributed by atoms with Crippen molar-refractivity contribution in [3.8, 4) is 0 Å². The normalized spacial score (nSPS) is 17.4. The molecule has 1 N–H and O–H groups in total. The minimum Gasteiger partial charge on any atom is -0.317 e. The molecular formula is C14H20FN. The molecule has 0 aromatic heterocycles. The summed E-state index contributed by atoms with van der Waals surface area (Å²) in [6, 6.07) is 5.70. The van der Waals surface area contributed by atoms with Crippen LogP contribution in [0, 0.1) is 18.7 Å². The van der Waals surface area contributed by atoms with Gasteiger partial charge in [0.1, 0.15) is 5.82 Å². The van der Waals surface area contributed by atoms with E-state index in [1.807, 2.05) is 13.1 Å². The molecule has 16 heavy (non-hydrogen) atoms. The summed E-state index contributed by atoms with van der Waals surface area (Å²) < 4.78 is 13.1. The van der Waals surface area contributed by atoms with Gasteiger partial charge in [0.05, 0.1) is 0 Å². The second-order valence-electron chi connectivity index (χ2n) is 4.84. The van der Waals surface area contributed by atoms with Crippen molar-refractivity contribution in [2.45, 2.75) is 38.6 Å². The molecule has 1 aliphatic carbocycles. The van der Waals surface area contributed by atoms with E-state index in [0.29, 0.717) is 6.04 Å². The first-order valence-electron chi connectivity index (χ1n) is 6.13. The minimum absolute atomic E-state index is 0.118.